The summed E-state index contributed by atoms with van der Waals surface area (Å²) in [6.45, 7) is 6.67. The van der Waals surface area contributed by atoms with Crippen LogP contribution in [0.2, 0.25) is 0 Å². The molecular weight excluding hydrogens is 168 g/mol. The molecule has 2 unspecified atom stereocenters. The van der Waals surface area contributed by atoms with Crippen LogP contribution in [0.15, 0.2) is 11.6 Å². The molecule has 0 aliphatic heterocycles. The molecule has 1 aromatic rings. The predicted octanol–water partition coefficient (Wildman–Crippen LogP) is 2.99. The van der Waals surface area contributed by atoms with E-state index < -0.39 is 0 Å². The van der Waals surface area contributed by atoms with Gasteiger partial charge in [0.25, 0.3) is 0 Å². The van der Waals surface area contributed by atoms with Gasteiger partial charge in [-0.1, -0.05) is 20.3 Å². The molecule has 0 aromatic carbocycles. The highest BCUT2D eigenvalue weighted by molar-refractivity contribution is 7.13. The zero-order valence-corrected chi connectivity index (χ0v) is 8.69. The molecule has 3 heteroatoms. The maximum absolute atomic E-state index is 4.18. The molecule has 0 aliphatic rings. The third-order valence-electron chi connectivity index (χ3n) is 2.28. The Bertz CT molecular complexity index is 208. The van der Waals surface area contributed by atoms with Gasteiger partial charge in [-0.25, -0.2) is 4.98 Å². The van der Waals surface area contributed by atoms with Gasteiger partial charge in [0.1, 0.15) is 0 Å². The van der Waals surface area contributed by atoms with Crippen LogP contribution in [0.25, 0.3) is 0 Å². The topological polar surface area (TPSA) is 24.9 Å². The minimum Gasteiger partial charge on any atom is -0.359 e. The van der Waals surface area contributed by atoms with E-state index >= 15 is 0 Å². The van der Waals surface area contributed by atoms with E-state index in [1.165, 1.54) is 6.42 Å². The summed E-state index contributed by atoms with van der Waals surface area (Å²) >= 11 is 1.66. The Balaban J connectivity index is 2.41. The zero-order chi connectivity index (χ0) is 8.97. The Morgan fingerprint density at radius 1 is 1.58 bits per heavy atom. The largest absolute Gasteiger partial charge is 0.359 e. The molecule has 0 saturated heterocycles. The van der Waals surface area contributed by atoms with Gasteiger partial charge in [0.05, 0.1) is 0 Å². The van der Waals surface area contributed by atoms with Crippen LogP contribution in [0.3, 0.4) is 0 Å². The molecule has 0 bridgehead atoms. The molecule has 0 spiro atoms. The molecule has 2 atom stereocenters. The van der Waals surface area contributed by atoms with E-state index in [1.54, 1.807) is 11.3 Å². The van der Waals surface area contributed by atoms with Crippen molar-refractivity contribution in [2.75, 3.05) is 5.32 Å². The predicted molar refractivity (Wildman–Crippen MR) is 54.7 cm³/mol. The van der Waals surface area contributed by atoms with Crippen molar-refractivity contribution in [1.82, 2.24) is 4.98 Å². The number of rotatable bonds is 4. The first kappa shape index (κ1) is 9.52. The standard InChI is InChI=1S/C9H16N2S/c1-4-7(2)8(3)11-9-10-5-6-12-9/h5-8H,4H2,1-3H3,(H,10,11). The Morgan fingerprint density at radius 3 is 2.83 bits per heavy atom. The Kier molecular flexibility index (Phi) is 3.53. The van der Waals surface area contributed by atoms with Crippen molar-refractivity contribution >= 4 is 16.5 Å². The summed E-state index contributed by atoms with van der Waals surface area (Å²) in [6, 6.07) is 0.515. The van der Waals surface area contributed by atoms with Gasteiger partial charge in [-0.05, 0) is 12.8 Å². The van der Waals surface area contributed by atoms with E-state index in [1.807, 2.05) is 11.6 Å². The molecule has 1 heterocycles. The molecule has 1 N–H and O–H groups in total. The van der Waals surface area contributed by atoms with Crippen molar-refractivity contribution in [3.05, 3.63) is 11.6 Å². The number of nitrogens with zero attached hydrogens (tertiary/aromatic N) is 1. The average molecular weight is 184 g/mol. The second-order valence-corrected chi connectivity index (χ2v) is 4.05. The van der Waals surface area contributed by atoms with Crippen LogP contribution < -0.4 is 5.32 Å². The highest BCUT2D eigenvalue weighted by Crippen LogP contribution is 2.16. The molecule has 2 nitrogen and oxygen atoms in total. The Morgan fingerprint density at radius 2 is 2.33 bits per heavy atom. The van der Waals surface area contributed by atoms with Crippen molar-refractivity contribution in [1.29, 1.82) is 0 Å². The first-order chi connectivity index (χ1) is 5.74. The number of hydrogen-bond donors (Lipinski definition) is 1. The monoisotopic (exact) mass is 184 g/mol. The van der Waals surface area contributed by atoms with E-state index in [0.717, 1.165) is 5.13 Å². The maximum atomic E-state index is 4.18. The first-order valence-electron chi connectivity index (χ1n) is 4.40. The Labute approximate surface area is 78.0 Å². The fourth-order valence-electron chi connectivity index (χ4n) is 0.985. The minimum absolute atomic E-state index is 0.515. The van der Waals surface area contributed by atoms with Crippen LogP contribution in [0.5, 0.6) is 0 Å². The van der Waals surface area contributed by atoms with Crippen LogP contribution in [0.4, 0.5) is 5.13 Å². The van der Waals surface area contributed by atoms with Gasteiger partial charge in [-0.3, -0.25) is 0 Å². The zero-order valence-electron chi connectivity index (χ0n) is 7.87. The third kappa shape index (κ3) is 2.48. The van der Waals surface area contributed by atoms with Crippen molar-refractivity contribution in [3.8, 4) is 0 Å². The highest BCUT2D eigenvalue weighted by atomic mass is 32.1. The first-order valence-corrected chi connectivity index (χ1v) is 5.28. The summed E-state index contributed by atoms with van der Waals surface area (Å²) in [5.74, 6) is 0.703. The lowest BCUT2D eigenvalue weighted by molar-refractivity contribution is 0.494. The number of anilines is 1. The van der Waals surface area contributed by atoms with Crippen LogP contribution in [-0.4, -0.2) is 11.0 Å². The van der Waals surface area contributed by atoms with E-state index in [2.05, 4.69) is 31.1 Å². The van der Waals surface area contributed by atoms with Crippen LogP contribution in [0, 0.1) is 5.92 Å². The number of thiazole rings is 1. The SMILES string of the molecule is CCC(C)C(C)Nc1nccs1. The lowest BCUT2D eigenvalue weighted by Gasteiger charge is -2.18. The van der Waals surface area contributed by atoms with Crippen molar-refractivity contribution in [2.45, 2.75) is 33.2 Å². The molecule has 12 heavy (non-hydrogen) atoms. The second kappa shape index (κ2) is 4.45. The van der Waals surface area contributed by atoms with Crippen LogP contribution in [-0.2, 0) is 0 Å². The molecule has 1 aromatic heterocycles. The molecule has 0 radical (unpaired) electrons. The van der Waals surface area contributed by atoms with E-state index in [9.17, 15) is 0 Å². The van der Waals surface area contributed by atoms with E-state index in [-0.39, 0.29) is 0 Å². The normalized spacial score (nSPS) is 15.6. The number of aromatic nitrogens is 1. The minimum atomic E-state index is 0.515. The quantitative estimate of drug-likeness (QED) is 0.778. The van der Waals surface area contributed by atoms with E-state index in [4.69, 9.17) is 0 Å². The average Bonchev–Trinajstić information content (AvgIpc) is 2.55. The summed E-state index contributed by atoms with van der Waals surface area (Å²) in [4.78, 5) is 4.18. The lowest BCUT2D eigenvalue weighted by atomic mass is 10.0. The molecule has 68 valence electrons. The van der Waals surface area contributed by atoms with Gasteiger partial charge < -0.3 is 5.32 Å². The molecule has 0 saturated carbocycles. The fourth-order valence-corrected chi connectivity index (χ4v) is 1.61. The smallest absolute Gasteiger partial charge is 0.182 e. The van der Waals surface area contributed by atoms with Gasteiger partial charge in [0.2, 0.25) is 0 Å². The van der Waals surface area contributed by atoms with Gasteiger partial charge in [-0.2, -0.15) is 0 Å². The summed E-state index contributed by atoms with van der Waals surface area (Å²) in [7, 11) is 0. The molecule has 1 rings (SSSR count). The second-order valence-electron chi connectivity index (χ2n) is 3.16. The fraction of sp³-hybridized carbons (Fsp3) is 0.667. The van der Waals surface area contributed by atoms with Crippen molar-refractivity contribution in [2.24, 2.45) is 5.92 Å². The van der Waals surface area contributed by atoms with Crippen LogP contribution >= 0.6 is 11.3 Å². The number of nitrogens with one attached hydrogen (secondary N) is 1. The molecule has 0 amide bonds. The van der Waals surface area contributed by atoms with Crippen molar-refractivity contribution in [3.63, 3.8) is 0 Å². The number of hydrogen-bond acceptors (Lipinski definition) is 3. The van der Waals surface area contributed by atoms with Crippen LogP contribution in [0.1, 0.15) is 27.2 Å². The van der Waals surface area contributed by atoms with Gasteiger partial charge in [0.15, 0.2) is 5.13 Å². The highest BCUT2D eigenvalue weighted by Gasteiger charge is 2.09. The summed E-state index contributed by atoms with van der Waals surface area (Å²) in [5.41, 5.74) is 0. The summed E-state index contributed by atoms with van der Waals surface area (Å²) in [6.07, 6.45) is 3.04. The van der Waals surface area contributed by atoms with Gasteiger partial charge in [-0.15, -0.1) is 11.3 Å². The van der Waals surface area contributed by atoms with Gasteiger partial charge in [0, 0.05) is 17.6 Å². The maximum Gasteiger partial charge on any atom is 0.182 e. The van der Waals surface area contributed by atoms with Crippen molar-refractivity contribution < 1.29 is 0 Å². The van der Waals surface area contributed by atoms with Gasteiger partial charge >= 0.3 is 0 Å². The summed E-state index contributed by atoms with van der Waals surface area (Å²) in [5, 5.41) is 6.40. The lowest BCUT2D eigenvalue weighted by Crippen LogP contribution is -2.22. The third-order valence-corrected chi connectivity index (χ3v) is 2.99. The summed E-state index contributed by atoms with van der Waals surface area (Å²) < 4.78 is 0. The molecule has 0 fully saturated rings. The molecule has 0 aliphatic carbocycles. The Hall–Kier alpha value is -0.570. The van der Waals surface area contributed by atoms with E-state index in [0.29, 0.717) is 12.0 Å². The molecular formula is C9H16N2S.